The Morgan fingerprint density at radius 3 is 2.71 bits per heavy atom. The molecule has 1 aromatic carbocycles. The van der Waals surface area contributed by atoms with E-state index in [1.165, 1.54) is 12.8 Å². The topological polar surface area (TPSA) is 58.4 Å². The standard InChI is InChI=1S/C12H17N3O.ClH/c13-10-4-3-5-11(8-10)14-12(16)9-15-6-1-2-7-15;/h3-5,8H,1-2,6-7,9,13H2,(H,14,16);1H. The van der Waals surface area contributed by atoms with E-state index < -0.39 is 0 Å². The molecule has 4 nitrogen and oxygen atoms in total. The summed E-state index contributed by atoms with van der Waals surface area (Å²) in [6, 6.07) is 7.25. The quantitative estimate of drug-likeness (QED) is 0.809. The molecule has 0 aliphatic carbocycles. The number of benzene rings is 1. The van der Waals surface area contributed by atoms with Crippen molar-refractivity contribution in [3.05, 3.63) is 24.3 Å². The molecule has 3 N–H and O–H groups in total. The molecule has 1 saturated heterocycles. The number of hydrogen-bond acceptors (Lipinski definition) is 3. The molecule has 17 heavy (non-hydrogen) atoms. The average molecular weight is 256 g/mol. The third-order valence-corrected chi connectivity index (χ3v) is 2.74. The number of nitrogens with one attached hydrogen (secondary N) is 1. The van der Waals surface area contributed by atoms with E-state index in [0.29, 0.717) is 12.2 Å². The van der Waals surface area contributed by atoms with E-state index in [1.807, 2.05) is 12.1 Å². The molecule has 0 atom stereocenters. The van der Waals surface area contributed by atoms with Gasteiger partial charge in [-0.25, -0.2) is 0 Å². The molecule has 0 spiro atoms. The minimum absolute atomic E-state index is 0. The number of nitrogen functional groups attached to an aromatic ring is 1. The molecule has 0 radical (unpaired) electrons. The average Bonchev–Trinajstić information content (AvgIpc) is 2.70. The van der Waals surface area contributed by atoms with Gasteiger partial charge in [0.15, 0.2) is 0 Å². The zero-order valence-corrected chi connectivity index (χ0v) is 10.5. The van der Waals surface area contributed by atoms with Crippen molar-refractivity contribution in [3.63, 3.8) is 0 Å². The Labute approximate surface area is 108 Å². The van der Waals surface area contributed by atoms with Crippen LogP contribution in [-0.4, -0.2) is 30.4 Å². The Balaban J connectivity index is 0.00000144. The maximum Gasteiger partial charge on any atom is 0.238 e. The van der Waals surface area contributed by atoms with Crippen LogP contribution in [0.1, 0.15) is 12.8 Å². The summed E-state index contributed by atoms with van der Waals surface area (Å²) < 4.78 is 0. The van der Waals surface area contributed by atoms with Crippen LogP contribution >= 0.6 is 12.4 Å². The van der Waals surface area contributed by atoms with Gasteiger partial charge < -0.3 is 11.1 Å². The first-order chi connectivity index (χ1) is 7.74. The van der Waals surface area contributed by atoms with Crippen LogP contribution in [0.3, 0.4) is 0 Å². The van der Waals surface area contributed by atoms with Crippen molar-refractivity contribution in [2.45, 2.75) is 12.8 Å². The van der Waals surface area contributed by atoms with E-state index in [4.69, 9.17) is 5.73 Å². The molecular weight excluding hydrogens is 238 g/mol. The summed E-state index contributed by atoms with van der Waals surface area (Å²) in [5.74, 6) is 0.0347. The molecule has 1 fully saturated rings. The molecular formula is C12H18ClN3O. The minimum atomic E-state index is 0. The molecule has 1 aliphatic heterocycles. The molecule has 0 aromatic heterocycles. The van der Waals surface area contributed by atoms with E-state index >= 15 is 0 Å². The maximum absolute atomic E-state index is 11.7. The molecule has 1 aromatic rings. The van der Waals surface area contributed by atoms with Crippen LogP contribution in [0, 0.1) is 0 Å². The van der Waals surface area contributed by atoms with Crippen LogP contribution in [0.25, 0.3) is 0 Å². The molecule has 0 unspecified atom stereocenters. The number of carbonyl (C=O) groups excluding carboxylic acids is 1. The number of carbonyl (C=O) groups is 1. The van der Waals surface area contributed by atoms with Crippen LogP contribution in [0.5, 0.6) is 0 Å². The molecule has 5 heteroatoms. The summed E-state index contributed by atoms with van der Waals surface area (Å²) in [7, 11) is 0. The van der Waals surface area contributed by atoms with E-state index in [2.05, 4.69) is 10.2 Å². The van der Waals surface area contributed by atoms with Crippen molar-refractivity contribution in [1.29, 1.82) is 0 Å². The van der Waals surface area contributed by atoms with E-state index in [1.54, 1.807) is 12.1 Å². The van der Waals surface area contributed by atoms with Gasteiger partial charge in [0.25, 0.3) is 0 Å². The van der Waals surface area contributed by atoms with Gasteiger partial charge in [0.05, 0.1) is 6.54 Å². The van der Waals surface area contributed by atoms with Crippen LogP contribution < -0.4 is 11.1 Å². The van der Waals surface area contributed by atoms with E-state index in [-0.39, 0.29) is 18.3 Å². The van der Waals surface area contributed by atoms with Gasteiger partial charge in [-0.05, 0) is 44.1 Å². The predicted molar refractivity (Wildman–Crippen MR) is 72.4 cm³/mol. The van der Waals surface area contributed by atoms with Crippen LogP contribution in [-0.2, 0) is 4.79 Å². The zero-order chi connectivity index (χ0) is 11.4. The minimum Gasteiger partial charge on any atom is -0.399 e. The second kappa shape index (κ2) is 6.47. The Kier molecular flexibility index (Phi) is 5.25. The van der Waals surface area contributed by atoms with Crippen LogP contribution in [0.4, 0.5) is 11.4 Å². The predicted octanol–water partition coefficient (Wildman–Crippen LogP) is 1.72. The third-order valence-electron chi connectivity index (χ3n) is 2.74. The molecule has 1 heterocycles. The Morgan fingerprint density at radius 2 is 2.06 bits per heavy atom. The normalized spacial score (nSPS) is 15.3. The van der Waals surface area contributed by atoms with Gasteiger partial charge >= 0.3 is 0 Å². The first-order valence-electron chi connectivity index (χ1n) is 5.62. The number of amides is 1. The van der Waals surface area contributed by atoms with Crippen molar-refractivity contribution < 1.29 is 4.79 Å². The lowest BCUT2D eigenvalue weighted by Gasteiger charge is -2.14. The lowest BCUT2D eigenvalue weighted by molar-refractivity contribution is -0.117. The molecule has 0 saturated carbocycles. The summed E-state index contributed by atoms with van der Waals surface area (Å²) in [6.07, 6.45) is 2.40. The highest BCUT2D eigenvalue weighted by Gasteiger charge is 2.14. The van der Waals surface area contributed by atoms with Crippen molar-refractivity contribution in [3.8, 4) is 0 Å². The largest absolute Gasteiger partial charge is 0.399 e. The third kappa shape index (κ3) is 4.24. The number of likely N-dealkylation sites (tertiary alicyclic amines) is 1. The fraction of sp³-hybridized carbons (Fsp3) is 0.417. The lowest BCUT2D eigenvalue weighted by Crippen LogP contribution is -2.30. The first kappa shape index (κ1) is 13.8. The number of hydrogen-bond donors (Lipinski definition) is 2. The fourth-order valence-electron chi connectivity index (χ4n) is 1.96. The van der Waals surface area contributed by atoms with Gasteiger partial charge in [-0.3, -0.25) is 9.69 Å². The summed E-state index contributed by atoms with van der Waals surface area (Å²) in [6.45, 7) is 2.55. The van der Waals surface area contributed by atoms with Crippen molar-refractivity contribution >= 4 is 29.7 Å². The van der Waals surface area contributed by atoms with Gasteiger partial charge in [0.1, 0.15) is 0 Å². The van der Waals surface area contributed by atoms with Gasteiger partial charge in [-0.2, -0.15) is 0 Å². The van der Waals surface area contributed by atoms with Gasteiger partial charge in [-0.1, -0.05) is 6.07 Å². The van der Waals surface area contributed by atoms with E-state index in [0.717, 1.165) is 18.8 Å². The van der Waals surface area contributed by atoms with Crippen molar-refractivity contribution in [2.24, 2.45) is 0 Å². The lowest BCUT2D eigenvalue weighted by atomic mass is 10.3. The number of nitrogens with zero attached hydrogens (tertiary/aromatic N) is 1. The second-order valence-electron chi connectivity index (χ2n) is 4.16. The smallest absolute Gasteiger partial charge is 0.238 e. The number of halogens is 1. The summed E-state index contributed by atoms with van der Waals surface area (Å²) in [5, 5.41) is 2.85. The Bertz CT molecular complexity index is 378. The maximum atomic E-state index is 11.7. The summed E-state index contributed by atoms with van der Waals surface area (Å²) in [5.41, 5.74) is 7.07. The molecule has 94 valence electrons. The van der Waals surface area contributed by atoms with Crippen LogP contribution in [0.2, 0.25) is 0 Å². The SMILES string of the molecule is Cl.Nc1cccc(NC(=O)CN2CCCC2)c1. The van der Waals surface area contributed by atoms with Crippen molar-refractivity contribution in [2.75, 3.05) is 30.7 Å². The van der Waals surface area contributed by atoms with Crippen LogP contribution in [0.15, 0.2) is 24.3 Å². The van der Waals surface area contributed by atoms with Gasteiger partial charge in [0, 0.05) is 11.4 Å². The highest BCUT2D eigenvalue weighted by atomic mass is 35.5. The second-order valence-corrected chi connectivity index (χ2v) is 4.16. The molecule has 1 amide bonds. The number of rotatable bonds is 3. The Hall–Kier alpha value is -1.26. The first-order valence-corrected chi connectivity index (χ1v) is 5.62. The summed E-state index contributed by atoms with van der Waals surface area (Å²) in [4.78, 5) is 13.9. The zero-order valence-electron chi connectivity index (χ0n) is 9.69. The number of nitrogens with two attached hydrogens (primary N) is 1. The monoisotopic (exact) mass is 255 g/mol. The van der Waals surface area contributed by atoms with Gasteiger partial charge in [0.2, 0.25) is 5.91 Å². The highest BCUT2D eigenvalue weighted by Crippen LogP contribution is 2.12. The number of anilines is 2. The summed E-state index contributed by atoms with van der Waals surface area (Å²) >= 11 is 0. The van der Waals surface area contributed by atoms with Gasteiger partial charge in [-0.15, -0.1) is 12.4 Å². The highest BCUT2D eigenvalue weighted by molar-refractivity contribution is 5.92. The fourth-order valence-corrected chi connectivity index (χ4v) is 1.96. The Morgan fingerprint density at radius 1 is 1.35 bits per heavy atom. The molecule has 1 aliphatic rings. The molecule has 0 bridgehead atoms. The molecule has 2 rings (SSSR count). The van der Waals surface area contributed by atoms with E-state index in [9.17, 15) is 4.79 Å². The van der Waals surface area contributed by atoms with Crippen molar-refractivity contribution in [1.82, 2.24) is 4.90 Å².